The molecule has 3 rings (SSSR count). The van der Waals surface area contributed by atoms with Crippen LogP contribution in [0.25, 0.3) is 0 Å². The lowest BCUT2D eigenvalue weighted by Gasteiger charge is -2.36. The molecule has 3 aliphatic rings. The number of aliphatic imine (C=N–C) groups is 1. The second kappa shape index (κ2) is 4.38. The van der Waals surface area contributed by atoms with Gasteiger partial charge in [-0.15, -0.1) is 0 Å². The average Bonchev–Trinajstić information content (AvgIpc) is 2.75. The summed E-state index contributed by atoms with van der Waals surface area (Å²) in [6, 6.07) is 0.329. The molecule has 0 fully saturated rings. The van der Waals surface area contributed by atoms with E-state index >= 15 is 0 Å². The maximum absolute atomic E-state index is 13.5. The molecule has 0 saturated heterocycles. The summed E-state index contributed by atoms with van der Waals surface area (Å²) < 4.78 is 13.5. The second-order valence-corrected chi connectivity index (χ2v) is 5.61. The number of amidine groups is 1. The van der Waals surface area contributed by atoms with Crippen molar-refractivity contribution >= 4 is 5.84 Å². The maximum Gasteiger partial charge on any atom is 0.128 e. The molecule has 3 atom stereocenters. The van der Waals surface area contributed by atoms with E-state index in [1.54, 1.807) is 6.08 Å². The first kappa shape index (κ1) is 11.7. The molecule has 0 aromatic heterocycles. The molecule has 0 saturated carbocycles. The van der Waals surface area contributed by atoms with Gasteiger partial charge in [0, 0.05) is 12.6 Å². The number of allylic oxidation sites excluding steroid dienone is 4. The van der Waals surface area contributed by atoms with Crippen molar-refractivity contribution in [1.29, 1.82) is 0 Å². The average molecular weight is 246 g/mol. The van der Waals surface area contributed by atoms with Gasteiger partial charge in [-0.3, -0.25) is 4.99 Å². The van der Waals surface area contributed by atoms with Crippen LogP contribution in [-0.4, -0.2) is 23.3 Å². The first-order valence-electron chi connectivity index (χ1n) is 6.69. The predicted octanol–water partition coefficient (Wildman–Crippen LogP) is 3.44. The smallest absolute Gasteiger partial charge is 0.128 e. The van der Waals surface area contributed by atoms with Gasteiger partial charge in [0.05, 0.1) is 18.4 Å². The SMILES string of the molecule is CC1=CC2=NCC([C@@H]3CC(F)=CC[C@@H]3C)N2C=C1. The van der Waals surface area contributed by atoms with E-state index < -0.39 is 0 Å². The Morgan fingerprint density at radius 1 is 1.44 bits per heavy atom. The van der Waals surface area contributed by atoms with Crippen molar-refractivity contribution in [3.8, 4) is 0 Å². The van der Waals surface area contributed by atoms with Gasteiger partial charge >= 0.3 is 0 Å². The summed E-state index contributed by atoms with van der Waals surface area (Å²) in [4.78, 5) is 6.83. The van der Waals surface area contributed by atoms with Gasteiger partial charge in [-0.2, -0.15) is 0 Å². The molecule has 0 aromatic rings. The fourth-order valence-electron chi connectivity index (χ4n) is 3.14. The van der Waals surface area contributed by atoms with Crippen LogP contribution in [0.2, 0.25) is 0 Å². The predicted molar refractivity (Wildman–Crippen MR) is 71.9 cm³/mol. The summed E-state index contributed by atoms with van der Waals surface area (Å²) in [5, 5.41) is 0. The third-order valence-corrected chi connectivity index (χ3v) is 4.28. The van der Waals surface area contributed by atoms with Crippen LogP contribution in [0, 0.1) is 11.8 Å². The molecule has 0 aromatic carbocycles. The van der Waals surface area contributed by atoms with Crippen LogP contribution in [-0.2, 0) is 0 Å². The standard InChI is InChI=1S/C15H19FN2/c1-10-5-6-18-14(9-17-15(18)7-10)13-8-12(16)4-3-11(13)2/h4-7,11,13-14H,3,8-9H2,1-2H3/t11-,13+,14?/m0/s1. The minimum absolute atomic E-state index is 0.0549. The molecule has 0 amide bonds. The van der Waals surface area contributed by atoms with E-state index in [-0.39, 0.29) is 5.83 Å². The number of hydrogen-bond donors (Lipinski definition) is 0. The van der Waals surface area contributed by atoms with Crippen molar-refractivity contribution in [2.75, 3.05) is 6.54 Å². The Kier molecular flexibility index (Phi) is 2.84. The number of hydrogen-bond acceptors (Lipinski definition) is 2. The Hall–Kier alpha value is -1.38. The van der Waals surface area contributed by atoms with Crippen LogP contribution >= 0.6 is 0 Å². The molecule has 2 nitrogen and oxygen atoms in total. The molecule has 1 aliphatic carbocycles. The Labute approximate surface area is 108 Å². The summed E-state index contributed by atoms with van der Waals surface area (Å²) >= 11 is 0. The van der Waals surface area contributed by atoms with Gasteiger partial charge < -0.3 is 4.90 Å². The number of halogens is 1. The van der Waals surface area contributed by atoms with E-state index in [1.165, 1.54) is 5.57 Å². The Bertz CT molecular complexity index is 473. The summed E-state index contributed by atoms with van der Waals surface area (Å²) in [6.07, 6.45) is 9.50. The quantitative estimate of drug-likeness (QED) is 0.692. The van der Waals surface area contributed by atoms with Gasteiger partial charge in [0.25, 0.3) is 0 Å². The minimum Gasteiger partial charge on any atom is -0.328 e. The van der Waals surface area contributed by atoms with Crippen LogP contribution in [0.5, 0.6) is 0 Å². The van der Waals surface area contributed by atoms with Crippen molar-refractivity contribution < 1.29 is 4.39 Å². The lowest BCUT2D eigenvalue weighted by molar-refractivity contribution is 0.207. The van der Waals surface area contributed by atoms with Gasteiger partial charge in [-0.1, -0.05) is 13.0 Å². The number of rotatable bonds is 1. The van der Waals surface area contributed by atoms with Gasteiger partial charge in [-0.05, 0) is 42.9 Å². The largest absolute Gasteiger partial charge is 0.328 e. The molecule has 0 spiro atoms. The lowest BCUT2D eigenvalue weighted by atomic mass is 9.78. The van der Waals surface area contributed by atoms with Crippen molar-refractivity contribution in [3.63, 3.8) is 0 Å². The van der Waals surface area contributed by atoms with Crippen LogP contribution < -0.4 is 0 Å². The molecule has 2 aliphatic heterocycles. The topological polar surface area (TPSA) is 15.6 Å². The third-order valence-electron chi connectivity index (χ3n) is 4.28. The van der Waals surface area contributed by atoms with Gasteiger partial charge in [0.15, 0.2) is 0 Å². The lowest BCUT2D eigenvalue weighted by Crippen LogP contribution is -2.41. The van der Waals surface area contributed by atoms with Crippen LogP contribution in [0.3, 0.4) is 0 Å². The normalized spacial score (nSPS) is 34.9. The fourth-order valence-corrected chi connectivity index (χ4v) is 3.14. The van der Waals surface area contributed by atoms with Crippen molar-refractivity contribution in [3.05, 3.63) is 35.8 Å². The number of nitrogens with zero attached hydrogens (tertiary/aromatic N) is 2. The van der Waals surface area contributed by atoms with Gasteiger partial charge in [0.2, 0.25) is 0 Å². The van der Waals surface area contributed by atoms with E-state index in [4.69, 9.17) is 0 Å². The van der Waals surface area contributed by atoms with Gasteiger partial charge in [0.1, 0.15) is 5.84 Å². The highest BCUT2D eigenvalue weighted by molar-refractivity contribution is 5.97. The minimum atomic E-state index is 0.0549. The van der Waals surface area contributed by atoms with Crippen molar-refractivity contribution in [1.82, 2.24) is 4.90 Å². The number of fused-ring (bicyclic) bond motifs is 1. The molecule has 1 unspecified atom stereocenters. The molecule has 96 valence electrons. The van der Waals surface area contributed by atoms with Crippen molar-refractivity contribution in [2.24, 2.45) is 16.8 Å². The molecule has 0 N–H and O–H groups in total. The zero-order chi connectivity index (χ0) is 12.7. The summed E-state index contributed by atoms with van der Waals surface area (Å²) in [5.74, 6) is 2.00. The van der Waals surface area contributed by atoms with Crippen molar-refractivity contribution in [2.45, 2.75) is 32.7 Å². The van der Waals surface area contributed by atoms with Gasteiger partial charge in [-0.25, -0.2) is 4.39 Å². The highest BCUT2D eigenvalue weighted by Crippen LogP contribution is 2.37. The monoisotopic (exact) mass is 246 g/mol. The van der Waals surface area contributed by atoms with E-state index in [0.29, 0.717) is 24.3 Å². The van der Waals surface area contributed by atoms with E-state index in [1.807, 2.05) is 0 Å². The van der Waals surface area contributed by atoms with E-state index in [9.17, 15) is 4.39 Å². The molecular weight excluding hydrogens is 227 g/mol. The van der Waals surface area contributed by atoms with Crippen LogP contribution in [0.15, 0.2) is 40.8 Å². The van der Waals surface area contributed by atoms with E-state index in [0.717, 1.165) is 18.8 Å². The third kappa shape index (κ3) is 1.92. The first-order chi connectivity index (χ1) is 8.65. The molecule has 0 bridgehead atoms. The summed E-state index contributed by atoms with van der Waals surface area (Å²) in [5.41, 5.74) is 1.23. The highest BCUT2D eigenvalue weighted by Gasteiger charge is 2.37. The zero-order valence-electron chi connectivity index (χ0n) is 10.9. The first-order valence-corrected chi connectivity index (χ1v) is 6.69. The fraction of sp³-hybridized carbons (Fsp3) is 0.533. The van der Waals surface area contributed by atoms with E-state index in [2.05, 4.69) is 42.1 Å². The molecule has 3 heteroatoms. The Morgan fingerprint density at radius 3 is 3.11 bits per heavy atom. The molecule has 0 radical (unpaired) electrons. The molecule has 18 heavy (non-hydrogen) atoms. The second-order valence-electron chi connectivity index (χ2n) is 5.61. The zero-order valence-corrected chi connectivity index (χ0v) is 10.9. The molecule has 2 heterocycles. The summed E-state index contributed by atoms with van der Waals surface area (Å²) in [7, 11) is 0. The van der Waals surface area contributed by atoms with Crippen LogP contribution in [0.4, 0.5) is 4.39 Å². The van der Waals surface area contributed by atoms with Crippen LogP contribution in [0.1, 0.15) is 26.7 Å². The molecular formula is C15H19FN2. The maximum atomic E-state index is 13.5. The highest BCUT2D eigenvalue weighted by atomic mass is 19.1. The Balaban J connectivity index is 1.80. The summed E-state index contributed by atoms with van der Waals surface area (Å²) in [6.45, 7) is 5.10. The Morgan fingerprint density at radius 2 is 2.28 bits per heavy atom.